The molecule has 2 aromatic carbocycles. The summed E-state index contributed by atoms with van der Waals surface area (Å²) in [5.41, 5.74) is 0.924. The third-order valence-corrected chi connectivity index (χ3v) is 4.70. The summed E-state index contributed by atoms with van der Waals surface area (Å²) in [6, 6.07) is 19.1. The van der Waals surface area contributed by atoms with Crippen molar-refractivity contribution >= 4 is 5.91 Å². The molecule has 1 amide bonds. The summed E-state index contributed by atoms with van der Waals surface area (Å²) in [7, 11) is 0. The average Bonchev–Trinajstić information content (AvgIpc) is 3.24. The van der Waals surface area contributed by atoms with Crippen LogP contribution in [0.2, 0.25) is 0 Å². The molecule has 0 N–H and O–H groups in total. The van der Waals surface area contributed by atoms with Gasteiger partial charge in [-0.15, -0.1) is 0 Å². The van der Waals surface area contributed by atoms with Gasteiger partial charge in [-0.25, -0.2) is 0 Å². The fraction of sp³-hybridized carbons (Fsp3) is 0.286. The lowest BCUT2D eigenvalue weighted by Crippen LogP contribution is -2.41. The van der Waals surface area contributed by atoms with Gasteiger partial charge < -0.3 is 14.2 Å². The van der Waals surface area contributed by atoms with Crippen molar-refractivity contribution in [1.29, 1.82) is 0 Å². The zero-order valence-corrected chi connectivity index (χ0v) is 15.0. The minimum absolute atomic E-state index is 0.0219. The van der Waals surface area contributed by atoms with Gasteiger partial charge in [0.05, 0.1) is 5.92 Å². The maximum Gasteiger partial charge on any atom is 0.260 e. The SMILES string of the molecule is O=C(COc1ccccc1)N1CCCC(c2nc(-c3ccccc3)no2)C1. The molecule has 0 aliphatic carbocycles. The van der Waals surface area contributed by atoms with E-state index in [1.807, 2.05) is 65.6 Å². The van der Waals surface area contributed by atoms with Gasteiger partial charge in [0.2, 0.25) is 11.7 Å². The van der Waals surface area contributed by atoms with Crippen LogP contribution in [-0.2, 0) is 4.79 Å². The molecule has 1 atom stereocenters. The highest BCUT2D eigenvalue weighted by Gasteiger charge is 2.28. The first kappa shape index (κ1) is 17.3. The molecule has 4 rings (SSSR count). The molecule has 2 heterocycles. The van der Waals surface area contributed by atoms with Crippen molar-refractivity contribution in [3.05, 3.63) is 66.6 Å². The van der Waals surface area contributed by atoms with E-state index in [1.165, 1.54) is 0 Å². The van der Waals surface area contributed by atoms with E-state index < -0.39 is 0 Å². The van der Waals surface area contributed by atoms with Gasteiger partial charge >= 0.3 is 0 Å². The molecule has 0 saturated carbocycles. The van der Waals surface area contributed by atoms with E-state index >= 15 is 0 Å². The second-order valence-electron chi connectivity index (χ2n) is 6.60. The van der Waals surface area contributed by atoms with E-state index in [-0.39, 0.29) is 18.4 Å². The number of aromatic nitrogens is 2. The number of carbonyl (C=O) groups excluding carboxylic acids is 1. The monoisotopic (exact) mass is 363 g/mol. The Balaban J connectivity index is 1.38. The predicted octanol–water partition coefficient (Wildman–Crippen LogP) is 3.52. The van der Waals surface area contributed by atoms with Crippen LogP contribution in [0, 0.1) is 0 Å². The Morgan fingerprint density at radius 2 is 1.85 bits per heavy atom. The number of likely N-dealkylation sites (tertiary alicyclic amines) is 1. The molecule has 0 radical (unpaired) electrons. The van der Waals surface area contributed by atoms with Crippen LogP contribution in [-0.4, -0.2) is 40.6 Å². The van der Waals surface area contributed by atoms with Gasteiger partial charge in [0.25, 0.3) is 5.91 Å². The van der Waals surface area contributed by atoms with E-state index in [4.69, 9.17) is 9.26 Å². The highest BCUT2D eigenvalue weighted by atomic mass is 16.5. The molecule has 6 nitrogen and oxygen atoms in total. The molecule has 1 saturated heterocycles. The molecule has 3 aromatic rings. The van der Waals surface area contributed by atoms with Gasteiger partial charge in [-0.05, 0) is 25.0 Å². The number of amides is 1. The van der Waals surface area contributed by atoms with Crippen molar-refractivity contribution in [2.75, 3.05) is 19.7 Å². The molecule has 1 fully saturated rings. The molecule has 0 bridgehead atoms. The Hall–Kier alpha value is -3.15. The molecule has 1 aliphatic rings. The van der Waals surface area contributed by atoms with Gasteiger partial charge in [0.15, 0.2) is 6.61 Å². The van der Waals surface area contributed by atoms with Crippen LogP contribution in [0.5, 0.6) is 5.75 Å². The number of hydrogen-bond donors (Lipinski definition) is 0. The number of benzene rings is 2. The van der Waals surface area contributed by atoms with Crippen LogP contribution in [0.25, 0.3) is 11.4 Å². The Labute approximate surface area is 157 Å². The first-order valence-electron chi connectivity index (χ1n) is 9.14. The molecule has 27 heavy (non-hydrogen) atoms. The molecule has 1 aromatic heterocycles. The van der Waals surface area contributed by atoms with Crippen LogP contribution in [0.4, 0.5) is 0 Å². The maximum absolute atomic E-state index is 12.5. The highest BCUT2D eigenvalue weighted by Crippen LogP contribution is 2.27. The summed E-state index contributed by atoms with van der Waals surface area (Å²) < 4.78 is 11.1. The zero-order valence-electron chi connectivity index (χ0n) is 15.0. The standard InChI is InChI=1S/C21H21N3O3/c25-19(15-26-18-11-5-2-6-12-18)24-13-7-10-17(14-24)21-22-20(23-27-21)16-8-3-1-4-9-16/h1-6,8-9,11-12,17H,7,10,13-15H2. The average molecular weight is 363 g/mol. The minimum atomic E-state index is -0.0219. The molecular weight excluding hydrogens is 342 g/mol. The van der Waals surface area contributed by atoms with E-state index in [2.05, 4.69) is 10.1 Å². The van der Waals surface area contributed by atoms with Gasteiger partial charge in [0.1, 0.15) is 5.75 Å². The summed E-state index contributed by atoms with van der Waals surface area (Å²) in [4.78, 5) is 18.9. The van der Waals surface area contributed by atoms with Gasteiger partial charge in [0, 0.05) is 18.7 Å². The number of hydrogen-bond acceptors (Lipinski definition) is 5. The number of ether oxygens (including phenoxy) is 1. The van der Waals surface area contributed by atoms with Crippen molar-refractivity contribution in [2.24, 2.45) is 0 Å². The van der Waals surface area contributed by atoms with Crippen LogP contribution >= 0.6 is 0 Å². The smallest absolute Gasteiger partial charge is 0.260 e. The Morgan fingerprint density at radius 1 is 1.11 bits per heavy atom. The lowest BCUT2D eigenvalue weighted by Gasteiger charge is -2.30. The quantitative estimate of drug-likeness (QED) is 0.694. The normalized spacial score (nSPS) is 16.9. The van der Waals surface area contributed by atoms with Crippen LogP contribution in [0.1, 0.15) is 24.7 Å². The first-order valence-corrected chi connectivity index (χ1v) is 9.14. The lowest BCUT2D eigenvalue weighted by atomic mass is 9.98. The third kappa shape index (κ3) is 4.16. The summed E-state index contributed by atoms with van der Waals surface area (Å²) in [5.74, 6) is 1.91. The second-order valence-corrected chi connectivity index (χ2v) is 6.60. The summed E-state index contributed by atoms with van der Waals surface area (Å²) in [5, 5.41) is 4.09. The number of para-hydroxylation sites is 1. The van der Waals surface area contributed by atoms with Crippen LogP contribution in [0.3, 0.4) is 0 Å². The Bertz CT molecular complexity index is 880. The van der Waals surface area contributed by atoms with Gasteiger partial charge in [-0.1, -0.05) is 53.7 Å². The molecule has 138 valence electrons. The van der Waals surface area contributed by atoms with Gasteiger partial charge in [-0.2, -0.15) is 4.98 Å². The van der Waals surface area contributed by atoms with Crippen molar-refractivity contribution in [3.8, 4) is 17.1 Å². The van der Waals surface area contributed by atoms with Crippen molar-refractivity contribution < 1.29 is 14.1 Å². The Morgan fingerprint density at radius 3 is 2.63 bits per heavy atom. The number of carbonyl (C=O) groups is 1. The molecular formula is C21H21N3O3. The molecule has 6 heteroatoms. The highest BCUT2D eigenvalue weighted by molar-refractivity contribution is 5.78. The van der Waals surface area contributed by atoms with Crippen molar-refractivity contribution in [1.82, 2.24) is 15.0 Å². The minimum Gasteiger partial charge on any atom is -0.484 e. The third-order valence-electron chi connectivity index (χ3n) is 4.70. The van der Waals surface area contributed by atoms with Crippen LogP contribution in [0.15, 0.2) is 65.2 Å². The summed E-state index contributed by atoms with van der Waals surface area (Å²) >= 11 is 0. The maximum atomic E-state index is 12.5. The van der Waals surface area contributed by atoms with Gasteiger partial charge in [-0.3, -0.25) is 4.79 Å². The van der Waals surface area contributed by atoms with Crippen LogP contribution < -0.4 is 4.74 Å². The van der Waals surface area contributed by atoms with Crippen molar-refractivity contribution in [3.63, 3.8) is 0 Å². The fourth-order valence-electron chi connectivity index (χ4n) is 3.26. The van der Waals surface area contributed by atoms with E-state index in [0.29, 0.717) is 24.0 Å². The predicted molar refractivity (Wildman–Crippen MR) is 100 cm³/mol. The summed E-state index contributed by atoms with van der Waals surface area (Å²) in [6.07, 6.45) is 1.84. The van der Waals surface area contributed by atoms with E-state index in [9.17, 15) is 4.79 Å². The second kappa shape index (κ2) is 8.03. The number of rotatable bonds is 5. The largest absolute Gasteiger partial charge is 0.484 e. The first-order chi connectivity index (χ1) is 13.3. The lowest BCUT2D eigenvalue weighted by molar-refractivity contribution is -0.134. The fourth-order valence-corrected chi connectivity index (χ4v) is 3.26. The van der Waals surface area contributed by atoms with E-state index in [1.54, 1.807) is 0 Å². The topological polar surface area (TPSA) is 68.5 Å². The molecule has 0 spiro atoms. The summed E-state index contributed by atoms with van der Waals surface area (Å²) in [6.45, 7) is 1.34. The van der Waals surface area contributed by atoms with Crippen molar-refractivity contribution in [2.45, 2.75) is 18.8 Å². The molecule has 1 unspecified atom stereocenters. The van der Waals surface area contributed by atoms with E-state index in [0.717, 1.165) is 24.9 Å². The molecule has 1 aliphatic heterocycles. The number of piperidine rings is 1. The Kier molecular flexibility index (Phi) is 5.14. The zero-order chi connectivity index (χ0) is 18.5. The number of nitrogens with zero attached hydrogens (tertiary/aromatic N) is 3.